The summed E-state index contributed by atoms with van der Waals surface area (Å²) in [5, 5.41) is 11.0. The molecule has 1 aromatic rings. The third-order valence-corrected chi connectivity index (χ3v) is 3.31. The maximum Gasteiger partial charge on any atom is 0.324 e. The van der Waals surface area contributed by atoms with Crippen LogP contribution in [0.2, 0.25) is 0 Å². The summed E-state index contributed by atoms with van der Waals surface area (Å²) >= 11 is 0. The average molecular weight is 313 g/mol. The summed E-state index contributed by atoms with van der Waals surface area (Å²) in [4.78, 5) is 35.0. The molecule has 8 heteroatoms. The van der Waals surface area contributed by atoms with Crippen molar-refractivity contribution in [2.45, 2.75) is 26.7 Å². The maximum atomic E-state index is 12.3. The second-order valence-electron chi connectivity index (χ2n) is 4.73. The van der Waals surface area contributed by atoms with Gasteiger partial charge in [-0.25, -0.2) is 0 Å². The molecule has 1 aromatic heterocycles. The van der Waals surface area contributed by atoms with Crippen molar-refractivity contribution in [2.24, 2.45) is 5.41 Å². The highest BCUT2D eigenvalue weighted by molar-refractivity contribution is 6.00. The molecule has 0 amide bonds. The summed E-state index contributed by atoms with van der Waals surface area (Å²) in [5.41, 5.74) is -1.86. The number of ether oxygens (including phenoxy) is 2. The van der Waals surface area contributed by atoms with E-state index in [4.69, 9.17) is 13.9 Å². The van der Waals surface area contributed by atoms with Crippen molar-refractivity contribution in [3.63, 3.8) is 0 Å². The standard InChI is InChI=1S/C14H19NO7/c1-4-20-12(16)14(3,13(17)21-5-2)10(9-15(18)19)11-7-6-8-22-11/h6-8,10H,4-5,9H2,1-3H3/t10-/m0/s1. The second-order valence-corrected chi connectivity index (χ2v) is 4.73. The zero-order chi connectivity index (χ0) is 16.8. The Labute approximate surface area is 127 Å². The van der Waals surface area contributed by atoms with E-state index in [0.29, 0.717) is 0 Å². The molecule has 1 heterocycles. The van der Waals surface area contributed by atoms with Gasteiger partial charge < -0.3 is 13.9 Å². The third-order valence-electron chi connectivity index (χ3n) is 3.31. The van der Waals surface area contributed by atoms with Crippen molar-refractivity contribution < 1.29 is 28.4 Å². The highest BCUT2D eigenvalue weighted by Crippen LogP contribution is 2.39. The molecule has 0 bridgehead atoms. The first-order chi connectivity index (χ1) is 10.4. The van der Waals surface area contributed by atoms with Crippen molar-refractivity contribution in [1.82, 2.24) is 0 Å². The first kappa shape index (κ1) is 17.7. The van der Waals surface area contributed by atoms with E-state index >= 15 is 0 Å². The first-order valence-corrected chi connectivity index (χ1v) is 6.87. The van der Waals surface area contributed by atoms with E-state index in [1.807, 2.05) is 0 Å². The van der Waals surface area contributed by atoms with Crippen LogP contribution in [0.3, 0.4) is 0 Å². The van der Waals surface area contributed by atoms with Gasteiger partial charge in [-0.1, -0.05) is 0 Å². The minimum absolute atomic E-state index is 0.0389. The van der Waals surface area contributed by atoms with Gasteiger partial charge in [0.25, 0.3) is 0 Å². The minimum atomic E-state index is -1.86. The van der Waals surface area contributed by atoms with Crippen LogP contribution in [0, 0.1) is 15.5 Å². The fourth-order valence-electron chi connectivity index (χ4n) is 2.13. The molecule has 0 spiro atoms. The van der Waals surface area contributed by atoms with Crippen molar-refractivity contribution in [2.75, 3.05) is 19.8 Å². The number of nitro groups is 1. The van der Waals surface area contributed by atoms with E-state index < -0.39 is 34.7 Å². The Bertz CT molecular complexity index is 505. The zero-order valence-electron chi connectivity index (χ0n) is 12.7. The Morgan fingerprint density at radius 2 is 1.86 bits per heavy atom. The monoisotopic (exact) mass is 313 g/mol. The minimum Gasteiger partial charge on any atom is -0.469 e. The number of furan rings is 1. The molecule has 0 saturated carbocycles. The van der Waals surface area contributed by atoms with Gasteiger partial charge in [0, 0.05) is 4.92 Å². The number of esters is 2. The van der Waals surface area contributed by atoms with Crippen LogP contribution in [-0.2, 0) is 19.1 Å². The van der Waals surface area contributed by atoms with Crippen LogP contribution in [0.1, 0.15) is 32.4 Å². The number of carbonyl (C=O) groups is 2. The van der Waals surface area contributed by atoms with Gasteiger partial charge in [-0.15, -0.1) is 0 Å². The zero-order valence-corrected chi connectivity index (χ0v) is 12.7. The van der Waals surface area contributed by atoms with Crippen LogP contribution in [-0.4, -0.2) is 36.6 Å². The molecule has 0 fully saturated rings. The summed E-state index contributed by atoms with van der Waals surface area (Å²) in [6, 6.07) is 3.00. The first-order valence-electron chi connectivity index (χ1n) is 6.87. The Morgan fingerprint density at radius 3 is 2.23 bits per heavy atom. The van der Waals surface area contributed by atoms with Gasteiger partial charge in [0.05, 0.1) is 19.5 Å². The summed E-state index contributed by atoms with van der Waals surface area (Å²) in [6.07, 6.45) is 1.32. The molecule has 0 aromatic carbocycles. The summed E-state index contributed by atoms with van der Waals surface area (Å²) < 4.78 is 15.0. The molecule has 8 nitrogen and oxygen atoms in total. The second kappa shape index (κ2) is 7.58. The molecule has 22 heavy (non-hydrogen) atoms. The molecule has 1 rings (SSSR count). The van der Waals surface area contributed by atoms with E-state index in [0.717, 1.165) is 0 Å². The average Bonchev–Trinajstić information content (AvgIpc) is 2.98. The van der Waals surface area contributed by atoms with Gasteiger partial charge in [-0.3, -0.25) is 19.7 Å². The Morgan fingerprint density at radius 1 is 1.32 bits per heavy atom. The van der Waals surface area contributed by atoms with Gasteiger partial charge >= 0.3 is 11.9 Å². The molecular weight excluding hydrogens is 294 g/mol. The number of rotatable bonds is 8. The van der Waals surface area contributed by atoms with Gasteiger partial charge in [0.15, 0.2) is 5.41 Å². The Balaban J connectivity index is 3.32. The highest BCUT2D eigenvalue weighted by Gasteiger charge is 2.54. The van der Waals surface area contributed by atoms with Crippen molar-refractivity contribution in [1.29, 1.82) is 0 Å². The third kappa shape index (κ3) is 3.63. The number of hydrogen-bond donors (Lipinski definition) is 0. The van der Waals surface area contributed by atoms with Crippen LogP contribution in [0.15, 0.2) is 22.8 Å². The molecule has 0 radical (unpaired) electrons. The van der Waals surface area contributed by atoms with Crippen LogP contribution in [0.4, 0.5) is 0 Å². The fourth-order valence-corrected chi connectivity index (χ4v) is 2.13. The van der Waals surface area contributed by atoms with Gasteiger partial charge in [-0.2, -0.15) is 0 Å². The summed E-state index contributed by atoms with van der Waals surface area (Å²) in [7, 11) is 0. The fraction of sp³-hybridized carbons (Fsp3) is 0.571. The number of nitrogens with zero attached hydrogens (tertiary/aromatic N) is 1. The van der Waals surface area contributed by atoms with Crippen LogP contribution >= 0.6 is 0 Å². The summed E-state index contributed by atoms with van der Waals surface area (Å²) in [5.74, 6) is -2.73. The van der Waals surface area contributed by atoms with E-state index in [1.54, 1.807) is 13.8 Å². The topological polar surface area (TPSA) is 109 Å². The van der Waals surface area contributed by atoms with E-state index in [1.165, 1.54) is 25.3 Å². The molecule has 0 aliphatic rings. The Kier molecular flexibility index (Phi) is 6.09. The molecule has 122 valence electrons. The molecular formula is C14H19NO7. The quantitative estimate of drug-likeness (QED) is 0.311. The molecule has 0 unspecified atom stereocenters. The maximum absolute atomic E-state index is 12.3. The van der Waals surface area contributed by atoms with E-state index in [-0.39, 0.29) is 19.0 Å². The lowest BCUT2D eigenvalue weighted by molar-refractivity contribution is -0.486. The van der Waals surface area contributed by atoms with E-state index in [9.17, 15) is 19.7 Å². The number of hydrogen-bond acceptors (Lipinski definition) is 7. The van der Waals surface area contributed by atoms with Crippen LogP contribution in [0.5, 0.6) is 0 Å². The van der Waals surface area contributed by atoms with Gasteiger partial charge in [-0.05, 0) is 32.9 Å². The highest BCUT2D eigenvalue weighted by atomic mass is 16.6. The lowest BCUT2D eigenvalue weighted by Gasteiger charge is -2.29. The number of carbonyl (C=O) groups excluding carboxylic acids is 2. The SMILES string of the molecule is CCOC(=O)C(C)(C(=O)OCC)[C@@H](C[N+](=O)[O-])c1ccco1. The Hall–Kier alpha value is -2.38. The van der Waals surface area contributed by atoms with Gasteiger partial charge in [0.2, 0.25) is 6.54 Å². The molecule has 0 aliphatic carbocycles. The van der Waals surface area contributed by atoms with Crippen molar-refractivity contribution in [3.05, 3.63) is 34.3 Å². The molecule has 1 atom stereocenters. The summed E-state index contributed by atoms with van der Waals surface area (Å²) in [6.45, 7) is 3.85. The van der Waals surface area contributed by atoms with Crippen molar-refractivity contribution in [3.8, 4) is 0 Å². The van der Waals surface area contributed by atoms with E-state index in [2.05, 4.69) is 0 Å². The molecule has 0 aliphatic heterocycles. The predicted octanol–water partition coefficient (Wildman–Crippen LogP) is 1.77. The smallest absolute Gasteiger partial charge is 0.324 e. The largest absolute Gasteiger partial charge is 0.469 e. The van der Waals surface area contributed by atoms with Gasteiger partial charge in [0.1, 0.15) is 11.7 Å². The molecule has 0 N–H and O–H groups in total. The van der Waals surface area contributed by atoms with Crippen LogP contribution in [0.25, 0.3) is 0 Å². The molecule has 0 saturated heterocycles. The lowest BCUT2D eigenvalue weighted by atomic mass is 9.75. The predicted molar refractivity (Wildman–Crippen MR) is 74.7 cm³/mol. The van der Waals surface area contributed by atoms with Crippen molar-refractivity contribution >= 4 is 11.9 Å². The van der Waals surface area contributed by atoms with Crippen LogP contribution < -0.4 is 0 Å². The normalized spacial score (nSPS) is 12.5. The lowest BCUT2D eigenvalue weighted by Crippen LogP contribution is -2.46.